The Balaban J connectivity index is 2.55. The molecular formula is C17H26ClNO4. The maximum absolute atomic E-state index is 11.5. The van der Waals surface area contributed by atoms with Crippen LogP contribution < -0.4 is 5.32 Å². The Kier molecular flexibility index (Phi) is 6.86. The number of halogens is 1. The summed E-state index contributed by atoms with van der Waals surface area (Å²) in [6, 6.07) is 3.51. The van der Waals surface area contributed by atoms with E-state index in [0.29, 0.717) is 10.6 Å². The van der Waals surface area contributed by atoms with Crippen molar-refractivity contribution in [2.45, 2.75) is 58.8 Å². The largest absolute Gasteiger partial charge is 0.444 e. The van der Waals surface area contributed by atoms with Gasteiger partial charge in [-0.15, -0.1) is 0 Å². The molecule has 5 nitrogen and oxygen atoms in total. The van der Waals surface area contributed by atoms with E-state index in [1.165, 1.54) is 0 Å². The molecule has 3 N–H and O–H groups in total. The first-order valence-electron chi connectivity index (χ1n) is 7.61. The number of benzene rings is 1. The second-order valence-electron chi connectivity index (χ2n) is 6.70. The molecule has 130 valence electrons. The molecule has 0 saturated heterocycles. The summed E-state index contributed by atoms with van der Waals surface area (Å²) >= 11 is 6.10. The molecule has 0 aliphatic rings. The lowest BCUT2D eigenvalue weighted by Crippen LogP contribution is -2.34. The van der Waals surface area contributed by atoms with Crippen LogP contribution in [0.4, 0.5) is 4.79 Å². The van der Waals surface area contributed by atoms with Crippen molar-refractivity contribution in [3.05, 3.63) is 33.8 Å². The number of aryl methyl sites for hydroxylation is 2. The van der Waals surface area contributed by atoms with Crippen LogP contribution in [-0.2, 0) is 4.74 Å². The average molecular weight is 344 g/mol. The van der Waals surface area contributed by atoms with Crippen molar-refractivity contribution >= 4 is 17.7 Å². The van der Waals surface area contributed by atoms with E-state index in [9.17, 15) is 15.0 Å². The summed E-state index contributed by atoms with van der Waals surface area (Å²) in [5.74, 6) is 0. The van der Waals surface area contributed by atoms with Gasteiger partial charge < -0.3 is 20.3 Å². The van der Waals surface area contributed by atoms with E-state index in [0.717, 1.165) is 11.1 Å². The fraction of sp³-hybridized carbons (Fsp3) is 0.588. The minimum atomic E-state index is -1.04. The third kappa shape index (κ3) is 6.37. The highest BCUT2D eigenvalue weighted by atomic mass is 35.5. The third-order valence-electron chi connectivity index (χ3n) is 3.27. The number of rotatable bonds is 5. The van der Waals surface area contributed by atoms with Gasteiger partial charge in [-0.25, -0.2) is 4.79 Å². The second-order valence-corrected chi connectivity index (χ2v) is 7.08. The molecule has 1 aromatic rings. The normalized spacial score (nSPS) is 14.3. The molecule has 2 unspecified atom stereocenters. The standard InChI is InChI=1S/C17H26ClNO4/c1-10-8-12(9-11(2)14(10)18)15(21)13(20)6-7-19-16(22)23-17(3,4)5/h8-9,13,15,20-21H,6-7H2,1-5H3,(H,19,22). The minimum Gasteiger partial charge on any atom is -0.444 e. The topological polar surface area (TPSA) is 78.8 Å². The summed E-state index contributed by atoms with van der Waals surface area (Å²) in [7, 11) is 0. The number of aliphatic hydroxyl groups is 2. The van der Waals surface area contributed by atoms with Crippen molar-refractivity contribution in [1.82, 2.24) is 5.32 Å². The first-order chi connectivity index (χ1) is 10.5. The highest BCUT2D eigenvalue weighted by Crippen LogP contribution is 2.27. The lowest BCUT2D eigenvalue weighted by atomic mass is 9.98. The molecule has 1 aromatic carbocycles. The number of amides is 1. The maximum Gasteiger partial charge on any atom is 0.407 e. The molecule has 0 heterocycles. The molecule has 0 aromatic heterocycles. The smallest absolute Gasteiger partial charge is 0.407 e. The zero-order valence-electron chi connectivity index (χ0n) is 14.3. The van der Waals surface area contributed by atoms with Gasteiger partial charge in [0.1, 0.15) is 11.7 Å². The zero-order chi connectivity index (χ0) is 17.8. The first-order valence-corrected chi connectivity index (χ1v) is 7.98. The van der Waals surface area contributed by atoms with Crippen LogP contribution >= 0.6 is 11.6 Å². The summed E-state index contributed by atoms with van der Waals surface area (Å²) in [6.45, 7) is 9.23. The Morgan fingerprint density at radius 3 is 2.26 bits per heavy atom. The SMILES string of the molecule is Cc1cc(C(O)C(O)CCNC(=O)OC(C)(C)C)cc(C)c1Cl. The maximum atomic E-state index is 11.5. The molecule has 0 bridgehead atoms. The number of hydrogen-bond donors (Lipinski definition) is 3. The molecule has 23 heavy (non-hydrogen) atoms. The van der Waals surface area contributed by atoms with Gasteiger partial charge >= 0.3 is 6.09 Å². The molecule has 0 radical (unpaired) electrons. The van der Waals surface area contributed by atoms with Gasteiger partial charge in [-0.3, -0.25) is 0 Å². The van der Waals surface area contributed by atoms with Gasteiger partial charge in [0.05, 0.1) is 6.10 Å². The molecule has 1 amide bonds. The Bertz CT molecular complexity index is 531. The number of aliphatic hydroxyl groups excluding tert-OH is 2. The molecule has 0 fully saturated rings. The monoisotopic (exact) mass is 343 g/mol. The summed E-state index contributed by atoms with van der Waals surface area (Å²) < 4.78 is 5.10. The quantitative estimate of drug-likeness (QED) is 0.766. The van der Waals surface area contributed by atoms with E-state index in [1.54, 1.807) is 32.9 Å². The summed E-state index contributed by atoms with van der Waals surface area (Å²) in [4.78, 5) is 11.5. The Morgan fingerprint density at radius 2 is 1.78 bits per heavy atom. The van der Waals surface area contributed by atoms with Crippen LogP contribution in [0.5, 0.6) is 0 Å². The van der Waals surface area contributed by atoms with Crippen molar-refractivity contribution in [2.24, 2.45) is 0 Å². The van der Waals surface area contributed by atoms with Gasteiger partial charge in [-0.2, -0.15) is 0 Å². The van der Waals surface area contributed by atoms with Gasteiger partial charge in [0.15, 0.2) is 0 Å². The summed E-state index contributed by atoms with van der Waals surface area (Å²) in [5, 5.41) is 23.5. The summed E-state index contributed by atoms with van der Waals surface area (Å²) in [6.07, 6.45) is -2.37. The highest BCUT2D eigenvalue weighted by molar-refractivity contribution is 6.32. The Labute approximate surface area is 142 Å². The van der Waals surface area contributed by atoms with Crippen molar-refractivity contribution in [3.8, 4) is 0 Å². The van der Waals surface area contributed by atoms with E-state index in [-0.39, 0.29) is 13.0 Å². The van der Waals surface area contributed by atoms with Crippen LogP contribution in [0.3, 0.4) is 0 Å². The molecule has 0 saturated carbocycles. The van der Waals surface area contributed by atoms with E-state index in [2.05, 4.69) is 5.32 Å². The number of carbonyl (C=O) groups is 1. The first kappa shape index (κ1) is 19.7. The number of carbonyl (C=O) groups excluding carboxylic acids is 1. The molecule has 2 atom stereocenters. The zero-order valence-corrected chi connectivity index (χ0v) is 15.1. The van der Waals surface area contributed by atoms with E-state index >= 15 is 0 Å². The predicted octanol–water partition coefficient (Wildman–Crippen LogP) is 3.27. The molecule has 0 spiro atoms. The van der Waals surface area contributed by atoms with Gasteiger partial charge in [-0.1, -0.05) is 23.7 Å². The van der Waals surface area contributed by atoms with Crippen LogP contribution in [-0.4, -0.2) is 34.6 Å². The third-order valence-corrected chi connectivity index (χ3v) is 3.87. The van der Waals surface area contributed by atoms with Crippen molar-refractivity contribution in [1.29, 1.82) is 0 Å². The Morgan fingerprint density at radius 1 is 1.26 bits per heavy atom. The number of ether oxygens (including phenoxy) is 1. The van der Waals surface area contributed by atoms with Crippen LogP contribution in [0.15, 0.2) is 12.1 Å². The molecule has 0 aliphatic carbocycles. The fourth-order valence-corrected chi connectivity index (χ4v) is 2.28. The minimum absolute atomic E-state index is 0.207. The second kappa shape index (κ2) is 7.99. The Hall–Kier alpha value is -1.30. The van der Waals surface area contributed by atoms with Crippen molar-refractivity contribution < 1.29 is 19.7 Å². The van der Waals surface area contributed by atoms with Crippen molar-refractivity contribution in [2.75, 3.05) is 6.54 Å². The number of alkyl carbamates (subject to hydrolysis) is 1. The van der Waals surface area contributed by atoms with Crippen LogP contribution in [0.25, 0.3) is 0 Å². The van der Waals surface area contributed by atoms with Crippen LogP contribution in [0, 0.1) is 13.8 Å². The lowest BCUT2D eigenvalue weighted by molar-refractivity contribution is 0.0122. The predicted molar refractivity (Wildman–Crippen MR) is 90.7 cm³/mol. The average Bonchev–Trinajstić information content (AvgIpc) is 2.41. The van der Waals surface area contributed by atoms with Gasteiger partial charge in [-0.05, 0) is 57.7 Å². The fourth-order valence-electron chi connectivity index (χ4n) is 2.17. The van der Waals surface area contributed by atoms with E-state index in [1.807, 2.05) is 13.8 Å². The van der Waals surface area contributed by atoms with Crippen molar-refractivity contribution in [3.63, 3.8) is 0 Å². The van der Waals surface area contributed by atoms with Gasteiger partial charge in [0, 0.05) is 11.6 Å². The van der Waals surface area contributed by atoms with Gasteiger partial charge in [0.25, 0.3) is 0 Å². The molecular weight excluding hydrogens is 318 g/mol. The molecule has 1 rings (SSSR count). The van der Waals surface area contributed by atoms with E-state index < -0.39 is 23.9 Å². The van der Waals surface area contributed by atoms with Gasteiger partial charge in [0.2, 0.25) is 0 Å². The summed E-state index contributed by atoms with van der Waals surface area (Å²) in [5.41, 5.74) is 1.73. The number of nitrogens with one attached hydrogen (secondary N) is 1. The van der Waals surface area contributed by atoms with Crippen LogP contribution in [0.1, 0.15) is 50.0 Å². The molecule has 6 heteroatoms. The van der Waals surface area contributed by atoms with Crippen LogP contribution in [0.2, 0.25) is 5.02 Å². The molecule has 0 aliphatic heterocycles. The highest BCUT2D eigenvalue weighted by Gasteiger charge is 2.21. The lowest BCUT2D eigenvalue weighted by Gasteiger charge is -2.22. The number of hydrogen-bond acceptors (Lipinski definition) is 4. The van der Waals surface area contributed by atoms with E-state index in [4.69, 9.17) is 16.3 Å².